The first kappa shape index (κ1) is 15.2. The van der Waals surface area contributed by atoms with E-state index < -0.39 is 15.8 Å². The molecule has 5 nitrogen and oxygen atoms in total. The van der Waals surface area contributed by atoms with Crippen LogP contribution < -0.4 is 0 Å². The van der Waals surface area contributed by atoms with E-state index in [1.165, 1.54) is 0 Å². The summed E-state index contributed by atoms with van der Waals surface area (Å²) >= 11 is 1.57. The summed E-state index contributed by atoms with van der Waals surface area (Å²) in [5.41, 5.74) is 0.893. The van der Waals surface area contributed by atoms with Crippen LogP contribution in [0.25, 0.3) is 6.08 Å². The Morgan fingerprint density at radius 3 is 2.95 bits per heavy atom. The van der Waals surface area contributed by atoms with Crippen LogP contribution in [0.2, 0.25) is 0 Å². The standard InChI is InChI=1S/C13H17NO4S2/c15-13(16)3-2-11-4-7-19-12(11)10-14-5-1-8-20(17,18)9-6-14/h2-4,7H,1,5-6,8-10H2,(H,15,16)/b3-2+. The number of sulfone groups is 1. The summed E-state index contributed by atoms with van der Waals surface area (Å²) < 4.78 is 23.1. The average Bonchev–Trinajstić information content (AvgIpc) is 2.72. The summed E-state index contributed by atoms with van der Waals surface area (Å²) in [7, 11) is -2.89. The van der Waals surface area contributed by atoms with Crippen LogP contribution in [0.3, 0.4) is 0 Å². The van der Waals surface area contributed by atoms with Crippen molar-refractivity contribution in [2.75, 3.05) is 24.6 Å². The van der Waals surface area contributed by atoms with E-state index in [2.05, 4.69) is 4.90 Å². The Hall–Kier alpha value is -1.18. The lowest BCUT2D eigenvalue weighted by Crippen LogP contribution is -2.26. The maximum Gasteiger partial charge on any atom is 0.328 e. The summed E-state index contributed by atoms with van der Waals surface area (Å²) in [5, 5.41) is 10.6. The molecule has 1 N–H and O–H groups in total. The molecule has 1 aromatic rings. The summed E-state index contributed by atoms with van der Waals surface area (Å²) in [6.45, 7) is 1.98. The quantitative estimate of drug-likeness (QED) is 0.852. The number of hydrogen-bond acceptors (Lipinski definition) is 5. The molecule has 1 saturated heterocycles. The van der Waals surface area contributed by atoms with Gasteiger partial charge in [-0.15, -0.1) is 11.3 Å². The fourth-order valence-electron chi connectivity index (χ4n) is 2.14. The molecule has 0 aliphatic carbocycles. The van der Waals surface area contributed by atoms with Gasteiger partial charge in [0.1, 0.15) is 0 Å². The molecular formula is C13H17NO4S2. The van der Waals surface area contributed by atoms with Gasteiger partial charge >= 0.3 is 5.97 Å². The first-order valence-electron chi connectivity index (χ1n) is 6.36. The van der Waals surface area contributed by atoms with Gasteiger partial charge in [-0.25, -0.2) is 13.2 Å². The zero-order valence-electron chi connectivity index (χ0n) is 11.0. The van der Waals surface area contributed by atoms with Crippen LogP contribution in [0, 0.1) is 0 Å². The van der Waals surface area contributed by atoms with E-state index in [0.717, 1.165) is 23.1 Å². The maximum atomic E-state index is 11.6. The van der Waals surface area contributed by atoms with E-state index in [1.54, 1.807) is 17.4 Å². The summed E-state index contributed by atoms with van der Waals surface area (Å²) in [5.74, 6) is -0.499. The first-order chi connectivity index (χ1) is 9.46. The highest BCUT2D eigenvalue weighted by Crippen LogP contribution is 2.21. The molecule has 110 valence electrons. The molecule has 0 atom stereocenters. The lowest BCUT2D eigenvalue weighted by molar-refractivity contribution is -0.131. The highest BCUT2D eigenvalue weighted by molar-refractivity contribution is 7.91. The van der Waals surface area contributed by atoms with Gasteiger partial charge in [-0.05, 0) is 36.1 Å². The van der Waals surface area contributed by atoms with Crippen molar-refractivity contribution in [1.29, 1.82) is 0 Å². The molecule has 2 rings (SSSR count). The predicted molar refractivity (Wildman–Crippen MR) is 79.5 cm³/mol. The number of carboxylic acids is 1. The Morgan fingerprint density at radius 2 is 2.20 bits per heavy atom. The van der Waals surface area contributed by atoms with Crippen molar-refractivity contribution in [3.63, 3.8) is 0 Å². The van der Waals surface area contributed by atoms with Gasteiger partial charge < -0.3 is 5.11 Å². The van der Waals surface area contributed by atoms with Crippen LogP contribution in [0.5, 0.6) is 0 Å². The molecule has 2 heterocycles. The molecule has 20 heavy (non-hydrogen) atoms. The molecule has 0 aromatic carbocycles. The van der Waals surface area contributed by atoms with Crippen LogP contribution >= 0.6 is 11.3 Å². The second-order valence-electron chi connectivity index (χ2n) is 4.75. The Balaban J connectivity index is 2.03. The van der Waals surface area contributed by atoms with E-state index in [9.17, 15) is 13.2 Å². The van der Waals surface area contributed by atoms with E-state index >= 15 is 0 Å². The zero-order chi connectivity index (χ0) is 14.6. The van der Waals surface area contributed by atoms with Crippen molar-refractivity contribution in [3.8, 4) is 0 Å². The molecule has 1 aliphatic heterocycles. The van der Waals surface area contributed by atoms with Gasteiger partial charge in [-0.1, -0.05) is 0 Å². The third kappa shape index (κ3) is 4.43. The topological polar surface area (TPSA) is 74.7 Å². The van der Waals surface area contributed by atoms with E-state index in [1.807, 2.05) is 11.4 Å². The molecule has 0 radical (unpaired) electrons. The number of aliphatic carboxylic acids is 1. The summed E-state index contributed by atoms with van der Waals surface area (Å²) in [6, 6.07) is 1.88. The second-order valence-corrected chi connectivity index (χ2v) is 8.06. The monoisotopic (exact) mass is 315 g/mol. The van der Waals surface area contributed by atoms with Crippen molar-refractivity contribution in [2.45, 2.75) is 13.0 Å². The number of carboxylic acid groups (broad SMARTS) is 1. The van der Waals surface area contributed by atoms with E-state index in [0.29, 0.717) is 19.5 Å². The first-order valence-corrected chi connectivity index (χ1v) is 9.06. The highest BCUT2D eigenvalue weighted by Gasteiger charge is 2.19. The molecule has 7 heteroatoms. The molecular weight excluding hydrogens is 298 g/mol. The SMILES string of the molecule is O=C(O)/C=C/c1ccsc1CN1CCCS(=O)(=O)CC1. The minimum Gasteiger partial charge on any atom is -0.478 e. The molecule has 0 bridgehead atoms. The molecule has 1 aliphatic rings. The van der Waals surface area contributed by atoms with Crippen LogP contribution in [-0.4, -0.2) is 49.0 Å². The van der Waals surface area contributed by atoms with Crippen LogP contribution in [0.15, 0.2) is 17.5 Å². The molecule has 1 fully saturated rings. The average molecular weight is 315 g/mol. The van der Waals surface area contributed by atoms with Gasteiger partial charge in [-0.3, -0.25) is 4.90 Å². The Kier molecular flexibility index (Phi) is 4.95. The van der Waals surface area contributed by atoms with Crippen LogP contribution in [0.1, 0.15) is 16.9 Å². The Bertz CT molecular complexity index is 604. The largest absolute Gasteiger partial charge is 0.478 e. The van der Waals surface area contributed by atoms with Crippen molar-refractivity contribution >= 4 is 33.2 Å². The van der Waals surface area contributed by atoms with Gasteiger partial charge in [-0.2, -0.15) is 0 Å². The third-order valence-electron chi connectivity index (χ3n) is 3.20. The highest BCUT2D eigenvalue weighted by atomic mass is 32.2. The Morgan fingerprint density at radius 1 is 1.40 bits per heavy atom. The van der Waals surface area contributed by atoms with Gasteiger partial charge in [0.15, 0.2) is 9.84 Å². The van der Waals surface area contributed by atoms with Crippen molar-refractivity contribution in [2.24, 2.45) is 0 Å². The van der Waals surface area contributed by atoms with E-state index in [-0.39, 0.29) is 11.5 Å². The van der Waals surface area contributed by atoms with Crippen molar-refractivity contribution in [1.82, 2.24) is 4.90 Å². The molecule has 0 unspecified atom stereocenters. The number of hydrogen-bond donors (Lipinski definition) is 1. The predicted octanol–water partition coefficient (Wildman–Crippen LogP) is 1.47. The van der Waals surface area contributed by atoms with Crippen molar-refractivity contribution in [3.05, 3.63) is 28.0 Å². The lowest BCUT2D eigenvalue weighted by Gasteiger charge is -2.18. The number of thiophene rings is 1. The minimum atomic E-state index is -2.89. The van der Waals surface area contributed by atoms with Gasteiger partial charge in [0.05, 0.1) is 11.5 Å². The van der Waals surface area contributed by atoms with E-state index in [4.69, 9.17) is 5.11 Å². The van der Waals surface area contributed by atoms with Gasteiger partial charge in [0, 0.05) is 24.0 Å². The number of rotatable bonds is 4. The molecule has 0 saturated carbocycles. The van der Waals surface area contributed by atoms with Crippen LogP contribution in [-0.2, 0) is 21.2 Å². The smallest absolute Gasteiger partial charge is 0.328 e. The summed E-state index contributed by atoms with van der Waals surface area (Å²) in [6.07, 6.45) is 3.37. The second kappa shape index (κ2) is 6.51. The Labute approximate surface area is 122 Å². The zero-order valence-corrected chi connectivity index (χ0v) is 12.6. The van der Waals surface area contributed by atoms with Crippen molar-refractivity contribution < 1.29 is 18.3 Å². The fraction of sp³-hybridized carbons (Fsp3) is 0.462. The summed E-state index contributed by atoms with van der Waals surface area (Å²) in [4.78, 5) is 13.7. The molecule has 0 spiro atoms. The molecule has 1 aromatic heterocycles. The normalized spacial score (nSPS) is 20.0. The molecule has 0 amide bonds. The van der Waals surface area contributed by atoms with Crippen LogP contribution in [0.4, 0.5) is 0 Å². The number of nitrogens with zero attached hydrogens (tertiary/aromatic N) is 1. The van der Waals surface area contributed by atoms with Gasteiger partial charge in [0.25, 0.3) is 0 Å². The van der Waals surface area contributed by atoms with Gasteiger partial charge in [0.2, 0.25) is 0 Å². The maximum absolute atomic E-state index is 11.6. The fourth-order valence-corrected chi connectivity index (χ4v) is 4.36. The lowest BCUT2D eigenvalue weighted by atomic mass is 10.2. The minimum absolute atomic E-state index is 0.207. The third-order valence-corrected chi connectivity index (χ3v) is 5.84. The number of carbonyl (C=O) groups is 1.